The molecule has 0 saturated carbocycles. The van der Waals surface area contributed by atoms with Crippen LogP contribution in [-0.2, 0) is 11.3 Å². The molecule has 25 heavy (non-hydrogen) atoms. The van der Waals surface area contributed by atoms with Crippen molar-refractivity contribution < 1.29 is 9.59 Å². The highest BCUT2D eigenvalue weighted by molar-refractivity contribution is 5.93. The van der Waals surface area contributed by atoms with Gasteiger partial charge in [0.05, 0.1) is 0 Å². The fourth-order valence-corrected chi connectivity index (χ4v) is 2.42. The van der Waals surface area contributed by atoms with Crippen molar-refractivity contribution in [3.8, 4) is 0 Å². The Morgan fingerprint density at radius 3 is 2.44 bits per heavy atom. The molecule has 1 aromatic heterocycles. The number of hydrogen-bond donors (Lipinski definition) is 2. The van der Waals surface area contributed by atoms with E-state index in [1.54, 1.807) is 36.5 Å². The third kappa shape index (κ3) is 5.60. The lowest BCUT2D eigenvalue weighted by Crippen LogP contribution is -2.51. The molecule has 1 unspecified atom stereocenters. The second-order valence-electron chi connectivity index (χ2n) is 6.24. The minimum absolute atomic E-state index is 0.0367. The van der Waals surface area contributed by atoms with Gasteiger partial charge < -0.3 is 15.5 Å². The largest absolute Gasteiger partial charge is 0.340 e. The van der Waals surface area contributed by atoms with Crippen molar-refractivity contribution in [3.63, 3.8) is 0 Å². The summed E-state index contributed by atoms with van der Waals surface area (Å²) < 4.78 is 0. The van der Waals surface area contributed by atoms with Gasteiger partial charge in [-0.2, -0.15) is 0 Å². The van der Waals surface area contributed by atoms with Crippen LogP contribution in [0.5, 0.6) is 0 Å². The van der Waals surface area contributed by atoms with Crippen LogP contribution in [0.25, 0.3) is 0 Å². The molecule has 1 aromatic carbocycles. The summed E-state index contributed by atoms with van der Waals surface area (Å²) in [6, 6.07) is 11.9. The highest BCUT2D eigenvalue weighted by atomic mass is 16.2. The summed E-state index contributed by atoms with van der Waals surface area (Å²) in [4.78, 5) is 30.6. The summed E-state index contributed by atoms with van der Waals surface area (Å²) in [7, 11) is 1.72. The lowest BCUT2D eigenvalue weighted by molar-refractivity contribution is -0.133. The SMILES string of the molecule is CC(C)C(NC(=O)Nc1ccccc1)C(=O)N(C)Cc1cccnc1. The van der Waals surface area contributed by atoms with Crippen molar-refractivity contribution in [2.75, 3.05) is 12.4 Å². The second-order valence-corrected chi connectivity index (χ2v) is 6.24. The second kappa shape index (κ2) is 8.82. The van der Waals surface area contributed by atoms with Gasteiger partial charge in [0.2, 0.25) is 5.91 Å². The molecule has 2 aromatic rings. The number of para-hydroxylation sites is 1. The van der Waals surface area contributed by atoms with Crippen molar-refractivity contribution in [2.24, 2.45) is 5.92 Å². The van der Waals surface area contributed by atoms with E-state index in [2.05, 4.69) is 15.6 Å². The van der Waals surface area contributed by atoms with Gasteiger partial charge in [-0.3, -0.25) is 9.78 Å². The van der Waals surface area contributed by atoms with Crippen LogP contribution in [0.2, 0.25) is 0 Å². The van der Waals surface area contributed by atoms with E-state index in [1.807, 2.05) is 44.2 Å². The lowest BCUT2D eigenvalue weighted by atomic mass is 10.0. The number of aromatic nitrogens is 1. The van der Waals surface area contributed by atoms with Gasteiger partial charge in [-0.25, -0.2) is 4.79 Å². The number of likely N-dealkylation sites (N-methyl/N-ethyl adjacent to an activating group) is 1. The predicted octanol–water partition coefficient (Wildman–Crippen LogP) is 2.89. The molecule has 6 nitrogen and oxygen atoms in total. The number of carbonyl (C=O) groups excluding carboxylic acids is 2. The minimum atomic E-state index is -0.606. The van der Waals surface area contributed by atoms with E-state index in [0.717, 1.165) is 5.56 Å². The first-order valence-corrected chi connectivity index (χ1v) is 8.24. The quantitative estimate of drug-likeness (QED) is 0.849. The molecule has 2 rings (SSSR count). The molecule has 0 bridgehead atoms. The van der Waals surface area contributed by atoms with E-state index in [4.69, 9.17) is 0 Å². The molecule has 0 saturated heterocycles. The Labute approximate surface area is 148 Å². The van der Waals surface area contributed by atoms with Gasteiger partial charge in [-0.1, -0.05) is 38.1 Å². The van der Waals surface area contributed by atoms with Crippen LogP contribution in [0.15, 0.2) is 54.9 Å². The maximum atomic E-state index is 12.7. The Kier molecular flexibility index (Phi) is 6.51. The molecule has 0 aliphatic rings. The molecule has 0 aliphatic heterocycles. The number of nitrogens with one attached hydrogen (secondary N) is 2. The zero-order valence-electron chi connectivity index (χ0n) is 14.8. The van der Waals surface area contributed by atoms with E-state index in [-0.39, 0.29) is 11.8 Å². The summed E-state index contributed by atoms with van der Waals surface area (Å²) in [5.41, 5.74) is 1.62. The summed E-state index contributed by atoms with van der Waals surface area (Å²) in [6.45, 7) is 4.25. The third-order valence-corrected chi connectivity index (χ3v) is 3.77. The van der Waals surface area contributed by atoms with Crippen molar-refractivity contribution >= 4 is 17.6 Å². The smallest absolute Gasteiger partial charge is 0.319 e. The number of benzene rings is 1. The van der Waals surface area contributed by atoms with Crippen LogP contribution in [0.1, 0.15) is 19.4 Å². The van der Waals surface area contributed by atoms with Gasteiger partial charge in [0.1, 0.15) is 6.04 Å². The standard InChI is InChI=1S/C19H24N4O2/c1-14(2)17(22-19(25)21-16-9-5-4-6-10-16)18(24)23(3)13-15-8-7-11-20-12-15/h4-12,14,17H,13H2,1-3H3,(H2,21,22,25). The Hall–Kier alpha value is -2.89. The summed E-state index contributed by atoms with van der Waals surface area (Å²) in [5, 5.41) is 5.51. The van der Waals surface area contributed by atoms with Crippen molar-refractivity contribution in [2.45, 2.75) is 26.4 Å². The van der Waals surface area contributed by atoms with Gasteiger partial charge in [0.15, 0.2) is 0 Å². The molecule has 3 amide bonds. The van der Waals surface area contributed by atoms with E-state index in [0.29, 0.717) is 12.2 Å². The van der Waals surface area contributed by atoms with Gasteiger partial charge in [-0.05, 0) is 29.7 Å². The number of carbonyl (C=O) groups is 2. The average Bonchev–Trinajstić information content (AvgIpc) is 2.60. The number of pyridine rings is 1. The molecule has 6 heteroatoms. The fourth-order valence-electron chi connectivity index (χ4n) is 2.42. The molecule has 1 atom stereocenters. The first kappa shape index (κ1) is 18.4. The number of anilines is 1. The minimum Gasteiger partial charge on any atom is -0.340 e. The highest BCUT2D eigenvalue weighted by Gasteiger charge is 2.27. The van der Waals surface area contributed by atoms with Crippen LogP contribution >= 0.6 is 0 Å². The predicted molar refractivity (Wildman–Crippen MR) is 97.9 cm³/mol. The number of hydrogen-bond acceptors (Lipinski definition) is 3. The number of urea groups is 1. The summed E-state index contributed by atoms with van der Waals surface area (Å²) >= 11 is 0. The normalized spacial score (nSPS) is 11.7. The van der Waals surface area contributed by atoms with Crippen molar-refractivity contribution in [1.29, 1.82) is 0 Å². The van der Waals surface area contributed by atoms with Gasteiger partial charge in [0, 0.05) is 31.7 Å². The molecule has 0 radical (unpaired) electrons. The van der Waals surface area contributed by atoms with Gasteiger partial charge >= 0.3 is 6.03 Å². The number of rotatable bonds is 6. The monoisotopic (exact) mass is 340 g/mol. The number of amides is 3. The molecule has 1 heterocycles. The molecule has 0 spiro atoms. The average molecular weight is 340 g/mol. The lowest BCUT2D eigenvalue weighted by Gasteiger charge is -2.27. The Balaban J connectivity index is 1.98. The van der Waals surface area contributed by atoms with E-state index < -0.39 is 12.1 Å². The first-order valence-electron chi connectivity index (χ1n) is 8.24. The van der Waals surface area contributed by atoms with Gasteiger partial charge in [0.25, 0.3) is 0 Å². The molecule has 0 fully saturated rings. The van der Waals surface area contributed by atoms with Gasteiger partial charge in [-0.15, -0.1) is 0 Å². The van der Waals surface area contributed by atoms with Crippen LogP contribution in [0.3, 0.4) is 0 Å². The molecule has 132 valence electrons. The van der Waals surface area contributed by atoms with E-state index in [1.165, 1.54) is 0 Å². The summed E-state index contributed by atoms with van der Waals surface area (Å²) in [5.74, 6) is -0.174. The fraction of sp³-hybridized carbons (Fsp3) is 0.316. The number of nitrogens with zero attached hydrogens (tertiary/aromatic N) is 2. The Morgan fingerprint density at radius 2 is 1.84 bits per heavy atom. The van der Waals surface area contributed by atoms with E-state index in [9.17, 15) is 9.59 Å². The summed E-state index contributed by atoms with van der Waals surface area (Å²) in [6.07, 6.45) is 3.42. The third-order valence-electron chi connectivity index (χ3n) is 3.77. The highest BCUT2D eigenvalue weighted by Crippen LogP contribution is 2.10. The molecule has 0 aliphatic carbocycles. The molecule has 2 N–H and O–H groups in total. The van der Waals surface area contributed by atoms with Crippen LogP contribution < -0.4 is 10.6 Å². The maximum absolute atomic E-state index is 12.7. The van der Waals surface area contributed by atoms with Crippen molar-refractivity contribution in [1.82, 2.24) is 15.2 Å². The van der Waals surface area contributed by atoms with Crippen LogP contribution in [0.4, 0.5) is 10.5 Å². The van der Waals surface area contributed by atoms with Crippen LogP contribution in [-0.4, -0.2) is 34.9 Å². The Morgan fingerprint density at radius 1 is 1.12 bits per heavy atom. The maximum Gasteiger partial charge on any atom is 0.319 e. The van der Waals surface area contributed by atoms with Crippen molar-refractivity contribution in [3.05, 3.63) is 60.4 Å². The van der Waals surface area contributed by atoms with Crippen LogP contribution in [0, 0.1) is 5.92 Å². The first-order chi connectivity index (χ1) is 12.0. The molecular weight excluding hydrogens is 316 g/mol. The zero-order chi connectivity index (χ0) is 18.2. The van der Waals surface area contributed by atoms with E-state index >= 15 is 0 Å². The Bertz CT molecular complexity index is 689. The zero-order valence-corrected chi connectivity index (χ0v) is 14.8. The molecular formula is C19H24N4O2. The topological polar surface area (TPSA) is 74.3 Å².